The van der Waals surface area contributed by atoms with Crippen LogP contribution in [-0.2, 0) is 49.1 Å². The first kappa shape index (κ1) is 29.7. The SMILES string of the molecule is CCC(C[Si](OC)(OC)OC)(O[Si](OC)(OC)OC)C(=O)C=C[Si](OC)(OC)OC. The van der Waals surface area contributed by atoms with E-state index in [0.29, 0.717) is 0 Å². The second kappa shape index (κ2) is 13.3. The molecule has 0 aromatic rings. The van der Waals surface area contributed by atoms with Crippen molar-refractivity contribution in [1.29, 1.82) is 0 Å². The average molecular weight is 489 g/mol. The van der Waals surface area contributed by atoms with E-state index in [1.54, 1.807) is 6.92 Å². The topological polar surface area (TPSA) is 109 Å². The lowest BCUT2D eigenvalue weighted by atomic mass is 9.98. The van der Waals surface area contributed by atoms with Crippen molar-refractivity contribution < 1.29 is 49.1 Å². The van der Waals surface area contributed by atoms with Gasteiger partial charge in [-0.2, -0.15) is 0 Å². The summed E-state index contributed by atoms with van der Waals surface area (Å²) in [5, 5.41) is 0. The van der Waals surface area contributed by atoms with Gasteiger partial charge in [-0.1, -0.05) is 6.92 Å². The van der Waals surface area contributed by atoms with E-state index in [4.69, 9.17) is 44.3 Å². The van der Waals surface area contributed by atoms with Crippen molar-refractivity contribution in [3.63, 3.8) is 0 Å². The van der Waals surface area contributed by atoms with E-state index in [0.717, 1.165) is 0 Å². The number of rotatable bonds is 17. The van der Waals surface area contributed by atoms with E-state index < -0.39 is 38.0 Å². The molecule has 0 saturated carbocycles. The summed E-state index contributed by atoms with van der Waals surface area (Å²) >= 11 is 0. The second-order valence-corrected chi connectivity index (χ2v) is 14.1. The van der Waals surface area contributed by atoms with Gasteiger partial charge in [-0.3, -0.25) is 4.79 Å². The lowest BCUT2D eigenvalue weighted by Gasteiger charge is -2.40. The molecule has 0 aromatic carbocycles. The van der Waals surface area contributed by atoms with Crippen LogP contribution in [0.3, 0.4) is 0 Å². The minimum absolute atomic E-state index is 0.0183. The van der Waals surface area contributed by atoms with Gasteiger partial charge in [-0.25, -0.2) is 0 Å². The normalized spacial score (nSPS) is 15.5. The molecule has 0 aliphatic rings. The molecule has 0 rings (SSSR count). The number of carbonyl (C=O) groups is 1. The Morgan fingerprint density at radius 1 is 0.733 bits per heavy atom. The zero-order valence-corrected chi connectivity index (χ0v) is 22.6. The summed E-state index contributed by atoms with van der Waals surface area (Å²) in [5.41, 5.74) is -0.0389. The molecule has 0 spiro atoms. The molecule has 0 bridgehead atoms. The summed E-state index contributed by atoms with van der Waals surface area (Å²) in [6.07, 6.45) is 1.51. The molecule has 14 heteroatoms. The van der Waals surface area contributed by atoms with Gasteiger partial charge in [-0.05, 0) is 18.2 Å². The third-order valence-corrected chi connectivity index (χ3v) is 12.1. The van der Waals surface area contributed by atoms with Gasteiger partial charge in [-0.15, -0.1) is 0 Å². The van der Waals surface area contributed by atoms with Gasteiger partial charge in [0.1, 0.15) is 5.60 Å². The lowest BCUT2D eigenvalue weighted by molar-refractivity contribution is -0.139. The first-order valence-corrected chi connectivity index (χ1v) is 14.4. The van der Waals surface area contributed by atoms with Gasteiger partial charge in [0, 0.05) is 64.0 Å². The van der Waals surface area contributed by atoms with E-state index >= 15 is 0 Å². The highest BCUT2D eigenvalue weighted by atomic mass is 28.4. The molecule has 178 valence electrons. The first-order valence-electron chi connectivity index (χ1n) is 9.05. The maximum Gasteiger partial charge on any atom is 0.679 e. The molecule has 0 amide bonds. The third kappa shape index (κ3) is 6.83. The zero-order chi connectivity index (χ0) is 23.5. The smallest absolute Gasteiger partial charge is 0.377 e. The van der Waals surface area contributed by atoms with Crippen LogP contribution in [0.15, 0.2) is 11.8 Å². The van der Waals surface area contributed by atoms with Crippen LogP contribution in [0.1, 0.15) is 13.3 Å². The fraction of sp³-hybridized carbons (Fsp3) is 0.812. The van der Waals surface area contributed by atoms with Crippen LogP contribution >= 0.6 is 0 Å². The van der Waals surface area contributed by atoms with Crippen molar-refractivity contribution >= 4 is 32.4 Å². The average Bonchev–Trinajstić information content (AvgIpc) is 2.81. The third-order valence-electron chi connectivity index (χ3n) is 4.82. The van der Waals surface area contributed by atoms with Crippen LogP contribution in [0.4, 0.5) is 0 Å². The van der Waals surface area contributed by atoms with Crippen LogP contribution in [0.5, 0.6) is 0 Å². The van der Waals surface area contributed by atoms with Crippen LogP contribution < -0.4 is 0 Å². The summed E-state index contributed by atoms with van der Waals surface area (Å²) in [7, 11) is 2.72. The Hall–Kier alpha value is -0.339. The fourth-order valence-corrected chi connectivity index (χ4v) is 7.84. The number of hydrogen-bond acceptors (Lipinski definition) is 11. The number of ketones is 1. The van der Waals surface area contributed by atoms with Gasteiger partial charge < -0.3 is 44.3 Å². The molecule has 0 saturated heterocycles. The summed E-state index contributed by atoms with van der Waals surface area (Å²) in [5.74, 6) is -0.431. The Balaban J connectivity index is 6.41. The first-order chi connectivity index (χ1) is 14.1. The van der Waals surface area contributed by atoms with E-state index in [1.165, 1.54) is 75.8 Å². The maximum absolute atomic E-state index is 13.5. The van der Waals surface area contributed by atoms with Crippen molar-refractivity contribution in [3.8, 4) is 0 Å². The summed E-state index contributed by atoms with van der Waals surface area (Å²) in [6, 6.07) is -0.0183. The Morgan fingerprint density at radius 2 is 1.17 bits per heavy atom. The van der Waals surface area contributed by atoms with Crippen molar-refractivity contribution in [2.24, 2.45) is 0 Å². The molecule has 11 nitrogen and oxygen atoms in total. The molecule has 0 aromatic heterocycles. The highest BCUT2D eigenvalue weighted by Crippen LogP contribution is 2.34. The van der Waals surface area contributed by atoms with Crippen LogP contribution in [0.25, 0.3) is 0 Å². The monoisotopic (exact) mass is 488 g/mol. The zero-order valence-electron chi connectivity index (χ0n) is 19.6. The van der Waals surface area contributed by atoms with Crippen LogP contribution in [-0.4, -0.2) is 102 Å². The highest BCUT2D eigenvalue weighted by Gasteiger charge is 2.58. The Morgan fingerprint density at radius 3 is 1.47 bits per heavy atom. The predicted molar refractivity (Wildman–Crippen MR) is 113 cm³/mol. The highest BCUT2D eigenvalue weighted by molar-refractivity contribution is 6.66. The van der Waals surface area contributed by atoms with Crippen molar-refractivity contribution in [2.75, 3.05) is 64.0 Å². The van der Waals surface area contributed by atoms with Crippen molar-refractivity contribution in [3.05, 3.63) is 11.8 Å². The minimum Gasteiger partial charge on any atom is -0.377 e. The van der Waals surface area contributed by atoms with E-state index in [1.807, 2.05) is 0 Å². The second-order valence-electron chi connectivity index (χ2n) is 5.95. The van der Waals surface area contributed by atoms with Gasteiger partial charge >= 0.3 is 26.7 Å². The van der Waals surface area contributed by atoms with Crippen LogP contribution in [0, 0.1) is 0 Å². The molecular weight excluding hydrogens is 452 g/mol. The Kier molecular flexibility index (Phi) is 13.1. The van der Waals surface area contributed by atoms with E-state index in [9.17, 15) is 4.79 Å². The molecule has 1 unspecified atom stereocenters. The van der Waals surface area contributed by atoms with Gasteiger partial charge in [0.15, 0.2) is 5.78 Å². The standard InChI is InChI=1S/C16H36O11Si3/c1-11-16(14-29(21-5,22-6)23-7,27-30(24-8,25-9)26-10)15(17)12-13-28(18-2,19-3)20-4/h12-13H,11,14H2,1-10H3. The Bertz CT molecular complexity index is 488. The molecular formula is C16H36O11Si3. The predicted octanol–water partition coefficient (Wildman–Crippen LogP) is 0.947. The lowest BCUT2D eigenvalue weighted by Crippen LogP contribution is -2.60. The number of carbonyl (C=O) groups excluding carboxylic acids is 1. The molecule has 30 heavy (non-hydrogen) atoms. The van der Waals surface area contributed by atoms with Gasteiger partial charge in [0.05, 0.1) is 6.04 Å². The van der Waals surface area contributed by atoms with Gasteiger partial charge in [0.25, 0.3) is 0 Å². The maximum atomic E-state index is 13.5. The summed E-state index contributed by atoms with van der Waals surface area (Å²) in [4.78, 5) is 13.5. The fourth-order valence-electron chi connectivity index (χ4n) is 2.76. The molecule has 0 fully saturated rings. The molecule has 0 heterocycles. The van der Waals surface area contributed by atoms with E-state index in [2.05, 4.69) is 0 Å². The quantitative estimate of drug-likeness (QED) is 0.215. The number of hydrogen-bond donors (Lipinski definition) is 0. The van der Waals surface area contributed by atoms with Crippen LogP contribution in [0.2, 0.25) is 6.04 Å². The largest absolute Gasteiger partial charge is 0.679 e. The van der Waals surface area contributed by atoms with Gasteiger partial charge in [0.2, 0.25) is 0 Å². The van der Waals surface area contributed by atoms with Crippen molar-refractivity contribution in [2.45, 2.75) is 25.0 Å². The Labute approximate surface area is 182 Å². The van der Waals surface area contributed by atoms with Crippen molar-refractivity contribution in [1.82, 2.24) is 0 Å². The molecule has 0 aliphatic carbocycles. The summed E-state index contributed by atoms with van der Waals surface area (Å²) < 4.78 is 55.0. The molecule has 0 aliphatic heterocycles. The summed E-state index contributed by atoms with van der Waals surface area (Å²) in [6.45, 7) is 1.78. The molecule has 0 N–H and O–H groups in total. The molecule has 1 atom stereocenters. The molecule has 0 radical (unpaired) electrons. The minimum atomic E-state index is -3.66. The van der Waals surface area contributed by atoms with E-state index in [-0.39, 0.29) is 12.5 Å².